The molecule has 0 atom stereocenters. The third-order valence-electron chi connectivity index (χ3n) is 3.43. The van der Waals surface area contributed by atoms with Crippen LogP contribution in [0, 0.1) is 0 Å². The lowest BCUT2D eigenvalue weighted by molar-refractivity contribution is 0.0992. The van der Waals surface area contributed by atoms with Gasteiger partial charge in [-0.05, 0) is 36.2 Å². The molecule has 3 aromatic rings. The second-order valence-electron chi connectivity index (χ2n) is 4.87. The Labute approximate surface area is 122 Å². The van der Waals surface area contributed by atoms with Gasteiger partial charge in [0.05, 0.1) is 17.5 Å². The zero-order valence-electron chi connectivity index (χ0n) is 11.8. The van der Waals surface area contributed by atoms with Crippen LogP contribution in [-0.2, 0) is 12.8 Å². The van der Waals surface area contributed by atoms with Crippen molar-refractivity contribution in [1.29, 1.82) is 0 Å². The van der Waals surface area contributed by atoms with E-state index >= 15 is 0 Å². The van der Waals surface area contributed by atoms with Gasteiger partial charge in [-0.15, -0.1) is 0 Å². The maximum absolute atomic E-state index is 12.3. The van der Waals surface area contributed by atoms with Crippen molar-refractivity contribution in [1.82, 2.24) is 15.0 Å². The van der Waals surface area contributed by atoms with Crippen LogP contribution in [0.3, 0.4) is 0 Å². The second-order valence-corrected chi connectivity index (χ2v) is 4.87. The molecule has 0 saturated heterocycles. The summed E-state index contributed by atoms with van der Waals surface area (Å²) < 4.78 is 0. The van der Waals surface area contributed by atoms with E-state index in [2.05, 4.69) is 21.9 Å². The first-order chi connectivity index (χ1) is 10.3. The molecule has 21 heavy (non-hydrogen) atoms. The van der Waals surface area contributed by atoms with Gasteiger partial charge in [-0.3, -0.25) is 19.7 Å². The van der Waals surface area contributed by atoms with Gasteiger partial charge in [0.1, 0.15) is 0 Å². The van der Waals surface area contributed by atoms with E-state index in [0.29, 0.717) is 12.0 Å². The van der Waals surface area contributed by atoms with Gasteiger partial charge in [-0.2, -0.15) is 0 Å². The predicted octanol–water partition coefficient (Wildman–Crippen LogP) is 3.01. The highest BCUT2D eigenvalue weighted by molar-refractivity contribution is 5.99. The van der Waals surface area contributed by atoms with E-state index in [1.807, 2.05) is 24.4 Å². The molecule has 0 radical (unpaired) electrons. The van der Waals surface area contributed by atoms with Crippen LogP contribution in [0.1, 0.15) is 28.5 Å². The van der Waals surface area contributed by atoms with Crippen LogP contribution in [0.4, 0.5) is 0 Å². The number of carbonyl (C=O) groups is 1. The van der Waals surface area contributed by atoms with Crippen LogP contribution in [0.15, 0.2) is 48.9 Å². The van der Waals surface area contributed by atoms with Crippen molar-refractivity contribution in [2.24, 2.45) is 0 Å². The fourth-order valence-electron chi connectivity index (χ4n) is 2.17. The number of benzene rings is 1. The maximum Gasteiger partial charge on any atom is 0.168 e. The molecule has 0 aliphatic carbocycles. The normalized spacial score (nSPS) is 10.7. The van der Waals surface area contributed by atoms with Crippen molar-refractivity contribution in [2.75, 3.05) is 0 Å². The fraction of sp³-hybridized carbons (Fsp3) is 0.176. The zero-order chi connectivity index (χ0) is 14.7. The molecule has 0 amide bonds. The maximum atomic E-state index is 12.3. The zero-order valence-corrected chi connectivity index (χ0v) is 11.8. The predicted molar refractivity (Wildman–Crippen MR) is 81.2 cm³/mol. The minimum Gasteiger partial charge on any atom is -0.294 e. The Morgan fingerprint density at radius 2 is 1.81 bits per heavy atom. The SMILES string of the molecule is CCc1ccc(CC(=O)c2ccc3nccnc3c2)nc1. The number of aromatic nitrogens is 3. The molecule has 0 spiro atoms. The van der Waals surface area contributed by atoms with Gasteiger partial charge in [0.15, 0.2) is 5.78 Å². The molecule has 2 heterocycles. The van der Waals surface area contributed by atoms with Crippen molar-refractivity contribution in [3.63, 3.8) is 0 Å². The quantitative estimate of drug-likeness (QED) is 0.688. The van der Waals surface area contributed by atoms with Crippen LogP contribution >= 0.6 is 0 Å². The number of Topliss-reactive ketones (excluding diaryl/α,β-unsaturated/α-hetero) is 1. The number of nitrogens with zero attached hydrogens (tertiary/aromatic N) is 3. The van der Waals surface area contributed by atoms with Gasteiger partial charge >= 0.3 is 0 Å². The van der Waals surface area contributed by atoms with Gasteiger partial charge in [0.25, 0.3) is 0 Å². The Balaban J connectivity index is 1.82. The lowest BCUT2D eigenvalue weighted by Crippen LogP contribution is -2.05. The van der Waals surface area contributed by atoms with Gasteiger partial charge in [-0.25, -0.2) is 0 Å². The van der Waals surface area contributed by atoms with E-state index in [0.717, 1.165) is 23.1 Å². The smallest absolute Gasteiger partial charge is 0.168 e. The largest absolute Gasteiger partial charge is 0.294 e. The van der Waals surface area contributed by atoms with Crippen molar-refractivity contribution >= 4 is 16.8 Å². The van der Waals surface area contributed by atoms with E-state index in [9.17, 15) is 4.79 Å². The number of aryl methyl sites for hydroxylation is 1. The van der Waals surface area contributed by atoms with Crippen LogP contribution in [-0.4, -0.2) is 20.7 Å². The first kappa shape index (κ1) is 13.4. The molecule has 0 N–H and O–H groups in total. The number of hydrogen-bond donors (Lipinski definition) is 0. The molecule has 0 saturated carbocycles. The van der Waals surface area contributed by atoms with E-state index in [4.69, 9.17) is 0 Å². The summed E-state index contributed by atoms with van der Waals surface area (Å²) in [7, 11) is 0. The first-order valence-electron chi connectivity index (χ1n) is 6.94. The van der Waals surface area contributed by atoms with Gasteiger partial charge < -0.3 is 0 Å². The molecular weight excluding hydrogens is 262 g/mol. The number of fused-ring (bicyclic) bond motifs is 1. The van der Waals surface area contributed by atoms with E-state index in [1.54, 1.807) is 24.5 Å². The summed E-state index contributed by atoms with van der Waals surface area (Å²) in [6.45, 7) is 2.08. The molecule has 0 aliphatic rings. The Morgan fingerprint density at radius 3 is 2.52 bits per heavy atom. The highest BCUT2D eigenvalue weighted by Crippen LogP contribution is 2.13. The molecule has 4 nitrogen and oxygen atoms in total. The van der Waals surface area contributed by atoms with Crippen molar-refractivity contribution in [2.45, 2.75) is 19.8 Å². The molecule has 4 heteroatoms. The minimum absolute atomic E-state index is 0.0410. The Kier molecular flexibility index (Phi) is 3.69. The third kappa shape index (κ3) is 2.94. The molecule has 0 unspecified atom stereocenters. The van der Waals surface area contributed by atoms with Crippen molar-refractivity contribution in [3.05, 3.63) is 65.7 Å². The van der Waals surface area contributed by atoms with Crippen LogP contribution in [0.2, 0.25) is 0 Å². The Morgan fingerprint density at radius 1 is 1.00 bits per heavy atom. The number of carbonyl (C=O) groups excluding carboxylic acids is 1. The first-order valence-corrected chi connectivity index (χ1v) is 6.94. The number of ketones is 1. The topological polar surface area (TPSA) is 55.7 Å². The van der Waals surface area contributed by atoms with Crippen molar-refractivity contribution in [3.8, 4) is 0 Å². The summed E-state index contributed by atoms with van der Waals surface area (Å²) in [5.41, 5.74) is 4.13. The minimum atomic E-state index is 0.0410. The van der Waals surface area contributed by atoms with Gasteiger partial charge in [0, 0.05) is 29.8 Å². The summed E-state index contributed by atoms with van der Waals surface area (Å²) in [5, 5.41) is 0. The number of hydrogen-bond acceptors (Lipinski definition) is 4. The highest BCUT2D eigenvalue weighted by atomic mass is 16.1. The summed E-state index contributed by atoms with van der Waals surface area (Å²) >= 11 is 0. The molecular formula is C17H15N3O. The number of pyridine rings is 1. The number of rotatable bonds is 4. The lowest BCUT2D eigenvalue weighted by Gasteiger charge is -2.03. The highest BCUT2D eigenvalue weighted by Gasteiger charge is 2.09. The van der Waals surface area contributed by atoms with Gasteiger partial charge in [-0.1, -0.05) is 13.0 Å². The standard InChI is InChI=1S/C17H15N3O/c1-2-12-3-5-14(20-11-12)10-17(21)13-4-6-15-16(9-13)19-8-7-18-15/h3-9,11H,2,10H2,1H3. The van der Waals surface area contributed by atoms with Gasteiger partial charge in [0.2, 0.25) is 0 Å². The van der Waals surface area contributed by atoms with Crippen LogP contribution < -0.4 is 0 Å². The molecule has 104 valence electrons. The Hall–Kier alpha value is -2.62. The molecule has 0 aliphatic heterocycles. The summed E-state index contributed by atoms with van der Waals surface area (Å²) in [6.07, 6.45) is 6.35. The van der Waals surface area contributed by atoms with E-state index < -0.39 is 0 Å². The summed E-state index contributed by atoms with van der Waals surface area (Å²) in [5.74, 6) is 0.0410. The van der Waals surface area contributed by atoms with E-state index in [-0.39, 0.29) is 5.78 Å². The summed E-state index contributed by atoms with van der Waals surface area (Å²) in [4.78, 5) is 25.1. The third-order valence-corrected chi connectivity index (χ3v) is 3.43. The van der Waals surface area contributed by atoms with Crippen LogP contribution in [0.5, 0.6) is 0 Å². The molecule has 3 rings (SSSR count). The van der Waals surface area contributed by atoms with Crippen molar-refractivity contribution < 1.29 is 4.79 Å². The van der Waals surface area contributed by atoms with Crippen LogP contribution in [0.25, 0.3) is 11.0 Å². The molecule has 2 aromatic heterocycles. The Bertz CT molecular complexity index is 781. The lowest BCUT2D eigenvalue weighted by atomic mass is 10.0. The average Bonchev–Trinajstić information content (AvgIpc) is 2.55. The molecule has 1 aromatic carbocycles. The molecule has 0 bridgehead atoms. The summed E-state index contributed by atoms with van der Waals surface area (Å²) in [6, 6.07) is 9.33. The average molecular weight is 277 g/mol. The van der Waals surface area contributed by atoms with E-state index in [1.165, 1.54) is 5.56 Å². The monoisotopic (exact) mass is 277 g/mol. The molecule has 0 fully saturated rings. The second kappa shape index (κ2) is 5.79. The fourth-order valence-corrected chi connectivity index (χ4v) is 2.17.